The number of aromatic nitrogens is 2. The first-order chi connectivity index (χ1) is 64.1. The summed E-state index contributed by atoms with van der Waals surface area (Å²) in [4.78, 5) is 21.2. The number of unbranched alkanes of at least 4 members (excludes halogenated alkanes) is 28. The Kier molecular flexibility index (Phi) is 31.2. The van der Waals surface area contributed by atoms with Gasteiger partial charge in [-0.05, 0) is 279 Å². The van der Waals surface area contributed by atoms with Crippen molar-refractivity contribution >= 4 is 34.7 Å². The fourth-order valence-corrected chi connectivity index (χ4v) is 24.6. The highest BCUT2D eigenvalue weighted by Gasteiger charge is 2.53. The Labute approximate surface area is 789 Å². The minimum atomic E-state index is -0.683. The maximum Gasteiger partial charge on any atom is 0.303 e. The number of aryl methyl sites for hydroxylation is 4. The quantitative estimate of drug-likeness (QED) is 0.0291. The predicted octanol–water partition coefficient (Wildman–Crippen LogP) is 36.2. The Hall–Kier alpha value is -10.3. The first kappa shape index (κ1) is 93.9. The molecule has 680 valence electrons. The molecule has 1 spiro atoms. The number of benzene rings is 11. The third kappa shape index (κ3) is 19.7. The van der Waals surface area contributed by atoms with Crippen molar-refractivity contribution in [1.29, 1.82) is 0 Å². The fraction of sp³-hybridized carbons (Fsp3) is 0.419. The van der Waals surface area contributed by atoms with Gasteiger partial charge in [-0.25, -0.2) is 0 Å². The molecular formula is C124H144N2O4S. The summed E-state index contributed by atoms with van der Waals surface area (Å²) in [5.74, 6) is -1.00. The molecule has 6 nitrogen and oxygen atoms in total. The zero-order valence-electron chi connectivity index (χ0n) is 80.1. The Bertz CT molecular complexity index is 5960. The number of carbonyl (C=O) groups is 2. The molecule has 2 N–H and O–H groups in total. The molecule has 11 aromatic carbocycles. The van der Waals surface area contributed by atoms with E-state index in [2.05, 4.69) is 268 Å². The van der Waals surface area contributed by atoms with Crippen molar-refractivity contribution in [3.05, 3.63) is 297 Å². The van der Waals surface area contributed by atoms with Gasteiger partial charge in [0.1, 0.15) is 11.0 Å². The van der Waals surface area contributed by atoms with E-state index in [0.717, 1.165) is 125 Å². The van der Waals surface area contributed by atoms with Crippen LogP contribution in [0.3, 0.4) is 0 Å². The zero-order valence-corrected chi connectivity index (χ0v) is 80.9. The van der Waals surface area contributed by atoms with Gasteiger partial charge in [0.2, 0.25) is 0 Å². The van der Waals surface area contributed by atoms with E-state index in [1.807, 2.05) is 0 Å². The van der Waals surface area contributed by atoms with E-state index in [4.69, 9.17) is 19.0 Å². The van der Waals surface area contributed by atoms with Gasteiger partial charge in [-0.15, -0.1) is 13.2 Å². The van der Waals surface area contributed by atoms with Crippen LogP contribution in [0.25, 0.3) is 111 Å². The van der Waals surface area contributed by atoms with Gasteiger partial charge >= 0.3 is 11.9 Å². The highest BCUT2D eigenvalue weighted by atomic mass is 32.1. The minimum absolute atomic E-state index is 0.151. The van der Waals surface area contributed by atoms with Gasteiger partial charge in [0.25, 0.3) is 0 Å². The molecule has 17 rings (SSSR count). The number of fused-ring (bicyclic) bond motifs is 20. The Morgan fingerprint density at radius 1 is 0.298 bits per heavy atom. The summed E-state index contributed by atoms with van der Waals surface area (Å²) in [5.41, 5.74) is 44.7. The second kappa shape index (κ2) is 43.6. The summed E-state index contributed by atoms with van der Waals surface area (Å²) in [7, 11) is 0. The molecule has 131 heavy (non-hydrogen) atoms. The SMILES string of the molecule is C=CCCCCC1(CCCCC=C)c2cc(-c3ccc4c(c3)C(CCCCCCCC)(CCCCCCCC)c3cc(-c5ccc6c(c5)C5(c7cc(C)ccc7-c7ccc(C)cc75)c5cc(C)ccc5-6)ccc3-4)ccc2-c2ccc(-c3ccc(-c4ccc5c(c4)C(CCCCCCCCCCC(=O)O)c4cc(C)ccc4-5)c4nsnc34)cc21.CCCCCCCCCCC(=O)O. The van der Waals surface area contributed by atoms with Crippen LogP contribution >= 0.6 is 11.7 Å². The lowest BCUT2D eigenvalue weighted by atomic mass is 9.69. The van der Waals surface area contributed by atoms with Gasteiger partial charge in [-0.2, -0.15) is 8.75 Å². The van der Waals surface area contributed by atoms with Crippen LogP contribution in [-0.4, -0.2) is 30.9 Å². The molecule has 1 aromatic heterocycles. The normalized spacial score (nSPS) is 14.2. The average Bonchev–Trinajstić information content (AvgIpc) is 1.50. The van der Waals surface area contributed by atoms with Crippen molar-refractivity contribution in [3.63, 3.8) is 0 Å². The second-order valence-electron chi connectivity index (χ2n) is 39.9. The number of allylic oxidation sites excluding steroid dienone is 2. The number of aliphatic carboxylic acids is 2. The number of carboxylic acid groups (broad SMARTS) is 2. The number of carboxylic acids is 2. The molecule has 0 saturated carbocycles. The van der Waals surface area contributed by atoms with Crippen LogP contribution in [0, 0.1) is 27.7 Å². The lowest BCUT2D eigenvalue weighted by molar-refractivity contribution is -0.138. The molecular weight excluding hydrogens is 1610 g/mol. The number of nitrogens with zero attached hydrogens (tertiary/aromatic N) is 2. The molecule has 0 amide bonds. The van der Waals surface area contributed by atoms with Crippen LogP contribution in [-0.2, 0) is 25.8 Å². The topological polar surface area (TPSA) is 100 Å². The van der Waals surface area contributed by atoms with E-state index in [0.29, 0.717) is 12.3 Å². The van der Waals surface area contributed by atoms with Gasteiger partial charge in [0.05, 0.1) is 17.1 Å². The Balaban J connectivity index is 0.000000894. The zero-order chi connectivity index (χ0) is 91.0. The van der Waals surface area contributed by atoms with E-state index in [-0.39, 0.29) is 17.3 Å². The van der Waals surface area contributed by atoms with Gasteiger partial charge < -0.3 is 10.2 Å². The van der Waals surface area contributed by atoms with Gasteiger partial charge in [-0.3, -0.25) is 9.59 Å². The molecule has 5 aliphatic rings. The van der Waals surface area contributed by atoms with E-state index in [9.17, 15) is 9.59 Å². The molecule has 0 fully saturated rings. The first-order valence-electron chi connectivity index (χ1n) is 51.3. The van der Waals surface area contributed by atoms with Crippen LogP contribution in [0.1, 0.15) is 368 Å². The molecule has 0 aliphatic heterocycles. The van der Waals surface area contributed by atoms with Gasteiger partial charge in [0.15, 0.2) is 0 Å². The maximum atomic E-state index is 11.1. The molecule has 1 atom stereocenters. The summed E-state index contributed by atoms with van der Waals surface area (Å²) in [6.07, 6.45) is 50.8. The van der Waals surface area contributed by atoms with E-state index < -0.39 is 17.4 Å². The summed E-state index contributed by atoms with van der Waals surface area (Å²) >= 11 is 1.34. The molecule has 7 heteroatoms. The van der Waals surface area contributed by atoms with Crippen molar-refractivity contribution in [1.82, 2.24) is 8.75 Å². The fourth-order valence-electron chi connectivity index (χ4n) is 24.0. The van der Waals surface area contributed by atoms with E-state index in [1.54, 1.807) is 11.1 Å². The Morgan fingerprint density at radius 3 is 0.939 bits per heavy atom. The van der Waals surface area contributed by atoms with Crippen molar-refractivity contribution < 1.29 is 19.8 Å². The van der Waals surface area contributed by atoms with E-state index >= 15 is 0 Å². The highest BCUT2D eigenvalue weighted by molar-refractivity contribution is 7.00. The second-order valence-corrected chi connectivity index (χ2v) is 40.4. The molecule has 0 radical (unpaired) electrons. The molecule has 0 bridgehead atoms. The van der Waals surface area contributed by atoms with Gasteiger partial charge in [0, 0.05) is 40.7 Å². The monoisotopic (exact) mass is 1760 g/mol. The van der Waals surface area contributed by atoms with Crippen LogP contribution in [0.4, 0.5) is 0 Å². The smallest absolute Gasteiger partial charge is 0.303 e. The number of rotatable bonds is 48. The largest absolute Gasteiger partial charge is 0.481 e. The third-order valence-corrected chi connectivity index (χ3v) is 31.3. The highest BCUT2D eigenvalue weighted by Crippen LogP contribution is 2.65. The van der Waals surface area contributed by atoms with Crippen LogP contribution < -0.4 is 0 Å². The predicted molar refractivity (Wildman–Crippen MR) is 556 cm³/mol. The molecule has 5 aliphatic carbocycles. The summed E-state index contributed by atoms with van der Waals surface area (Å²) in [5, 5.41) is 17.5. The first-order valence-corrected chi connectivity index (χ1v) is 52.1. The summed E-state index contributed by atoms with van der Waals surface area (Å²) < 4.78 is 10.4. The lowest BCUT2D eigenvalue weighted by Gasteiger charge is -2.34. The number of hydrogen-bond acceptors (Lipinski definition) is 5. The van der Waals surface area contributed by atoms with Crippen LogP contribution in [0.2, 0.25) is 0 Å². The van der Waals surface area contributed by atoms with Crippen molar-refractivity contribution in [2.75, 3.05) is 0 Å². The minimum Gasteiger partial charge on any atom is -0.481 e. The van der Waals surface area contributed by atoms with Crippen molar-refractivity contribution in [2.24, 2.45) is 0 Å². The summed E-state index contributed by atoms with van der Waals surface area (Å²) in [6, 6.07) is 79.0. The van der Waals surface area contributed by atoms with Gasteiger partial charge in [-0.1, -0.05) is 393 Å². The van der Waals surface area contributed by atoms with E-state index in [1.165, 1.54) is 315 Å². The molecule has 0 saturated heterocycles. The number of hydrogen-bond donors (Lipinski definition) is 2. The molecule has 1 heterocycles. The summed E-state index contributed by atoms with van der Waals surface area (Å²) in [6.45, 7) is 24.4. The standard InChI is InChI=1S/C113H122N2O2S.C11H22O2/c1-9-13-17-21-29-35-63-111(64-36-30-22-18-14-10-2)100-70-79(43-54-90(100)91-56-45-81(72-101(91)111)82-46-57-97-96-52-42-78(8)68-106(96)113(107(97)73-82)104-66-76(6)40-50-94(104)95-51-41-77(7)67-105(95)113)80-44-55-92-93-58-48-84(74-103(93)112(102(92)71-80,61-33-19-15-11-3)62-34-20-16-12-4)86-60-59-85(109-110(86)115-118-114-109)83-47-53-89-88-49-39-75(5)65-98(88)87(99(89)69-83)37-31-27-25-23-24-26-28-32-38-108(116)117;1-2-3-4-5-6-7-8-9-10-11(12)13/h11-12,39-60,65-74,87H,3-4,9-10,13-38,61-64H2,1-2,5-8H3,(H,116,117);2-10H2,1H3,(H,12,13). The maximum absolute atomic E-state index is 11.1. The van der Waals surface area contributed by atoms with Crippen LogP contribution in [0.15, 0.2) is 219 Å². The molecule has 1 unspecified atom stereocenters. The Morgan fingerprint density at radius 2 is 0.565 bits per heavy atom. The van der Waals surface area contributed by atoms with Crippen molar-refractivity contribution in [2.45, 2.75) is 334 Å². The average molecular weight is 1760 g/mol. The molecule has 12 aromatic rings. The third-order valence-electron chi connectivity index (χ3n) is 30.8. The van der Waals surface area contributed by atoms with Crippen LogP contribution in [0.5, 0.6) is 0 Å². The lowest BCUT2D eigenvalue weighted by Crippen LogP contribution is -2.26. The van der Waals surface area contributed by atoms with Crippen molar-refractivity contribution in [3.8, 4) is 100 Å².